The SMILES string of the molecule is CCCC[C@H]1CCOC(=O)CC1. The van der Waals surface area contributed by atoms with Gasteiger partial charge in [0.15, 0.2) is 0 Å². The van der Waals surface area contributed by atoms with Gasteiger partial charge in [-0.05, 0) is 18.8 Å². The lowest BCUT2D eigenvalue weighted by Crippen LogP contribution is -2.00. The molecule has 0 aromatic rings. The molecule has 1 heterocycles. The largest absolute Gasteiger partial charge is 0.466 e. The minimum absolute atomic E-state index is 0.00556. The average Bonchev–Trinajstić information content (AvgIpc) is 2.27. The van der Waals surface area contributed by atoms with E-state index in [0.29, 0.717) is 13.0 Å². The molecule has 0 bridgehead atoms. The van der Waals surface area contributed by atoms with Gasteiger partial charge >= 0.3 is 5.97 Å². The van der Waals surface area contributed by atoms with E-state index < -0.39 is 0 Å². The summed E-state index contributed by atoms with van der Waals surface area (Å²) in [6, 6.07) is 0. The highest BCUT2D eigenvalue weighted by molar-refractivity contribution is 5.69. The smallest absolute Gasteiger partial charge is 0.305 e. The van der Waals surface area contributed by atoms with Crippen LogP contribution in [0, 0.1) is 5.92 Å². The van der Waals surface area contributed by atoms with Crippen LogP contribution in [0.3, 0.4) is 0 Å². The van der Waals surface area contributed by atoms with E-state index >= 15 is 0 Å². The fourth-order valence-corrected chi connectivity index (χ4v) is 1.66. The summed E-state index contributed by atoms with van der Waals surface area (Å²) < 4.78 is 4.97. The molecule has 0 N–H and O–H groups in total. The lowest BCUT2D eigenvalue weighted by Gasteiger charge is -2.10. The number of rotatable bonds is 3. The quantitative estimate of drug-likeness (QED) is 0.608. The maximum absolute atomic E-state index is 10.9. The third-order valence-electron chi connectivity index (χ3n) is 2.51. The van der Waals surface area contributed by atoms with E-state index in [1.54, 1.807) is 0 Å². The molecular formula is C10H18O2. The van der Waals surface area contributed by atoms with Crippen LogP contribution in [-0.4, -0.2) is 12.6 Å². The van der Waals surface area contributed by atoms with Crippen molar-refractivity contribution in [1.82, 2.24) is 0 Å². The van der Waals surface area contributed by atoms with Gasteiger partial charge in [-0.2, -0.15) is 0 Å². The number of hydrogen-bond acceptors (Lipinski definition) is 2. The molecule has 0 aromatic heterocycles. The summed E-state index contributed by atoms with van der Waals surface area (Å²) >= 11 is 0. The van der Waals surface area contributed by atoms with Gasteiger partial charge in [0, 0.05) is 6.42 Å². The molecule has 12 heavy (non-hydrogen) atoms. The van der Waals surface area contributed by atoms with Gasteiger partial charge in [-0.25, -0.2) is 0 Å². The Morgan fingerprint density at radius 3 is 3.08 bits per heavy atom. The van der Waals surface area contributed by atoms with Crippen LogP contribution in [0.25, 0.3) is 0 Å². The van der Waals surface area contributed by atoms with Gasteiger partial charge < -0.3 is 4.74 Å². The third-order valence-corrected chi connectivity index (χ3v) is 2.51. The summed E-state index contributed by atoms with van der Waals surface area (Å²) in [5.41, 5.74) is 0. The minimum Gasteiger partial charge on any atom is -0.466 e. The van der Waals surface area contributed by atoms with Crippen LogP contribution >= 0.6 is 0 Å². The molecular weight excluding hydrogens is 152 g/mol. The molecule has 0 spiro atoms. The third kappa shape index (κ3) is 3.24. The Bertz CT molecular complexity index is 143. The van der Waals surface area contributed by atoms with Crippen molar-refractivity contribution in [3.63, 3.8) is 0 Å². The number of ether oxygens (including phenoxy) is 1. The molecule has 1 atom stereocenters. The number of carbonyl (C=O) groups is 1. The minimum atomic E-state index is -0.00556. The van der Waals surface area contributed by atoms with E-state index in [9.17, 15) is 4.79 Å². The lowest BCUT2D eigenvalue weighted by molar-refractivity contribution is -0.142. The molecule has 0 radical (unpaired) electrons. The first-order valence-electron chi connectivity index (χ1n) is 4.98. The topological polar surface area (TPSA) is 26.3 Å². The van der Waals surface area contributed by atoms with Gasteiger partial charge in [-0.1, -0.05) is 26.2 Å². The summed E-state index contributed by atoms with van der Waals surface area (Å²) in [6.07, 6.45) is 6.57. The molecule has 0 unspecified atom stereocenters. The maximum atomic E-state index is 10.9. The summed E-state index contributed by atoms with van der Waals surface area (Å²) in [6.45, 7) is 2.85. The van der Waals surface area contributed by atoms with Crippen molar-refractivity contribution >= 4 is 5.97 Å². The fraction of sp³-hybridized carbons (Fsp3) is 0.900. The van der Waals surface area contributed by atoms with Crippen LogP contribution in [0.2, 0.25) is 0 Å². The van der Waals surface area contributed by atoms with Gasteiger partial charge in [-0.15, -0.1) is 0 Å². The average molecular weight is 170 g/mol. The van der Waals surface area contributed by atoms with E-state index in [1.807, 2.05) is 0 Å². The summed E-state index contributed by atoms with van der Waals surface area (Å²) in [5, 5.41) is 0. The van der Waals surface area contributed by atoms with Crippen molar-refractivity contribution in [3.05, 3.63) is 0 Å². The van der Waals surface area contributed by atoms with Crippen LogP contribution in [0.4, 0.5) is 0 Å². The number of cyclic esters (lactones) is 1. The zero-order valence-corrected chi connectivity index (χ0v) is 7.84. The zero-order valence-electron chi connectivity index (χ0n) is 7.84. The first kappa shape index (κ1) is 9.56. The fourth-order valence-electron chi connectivity index (χ4n) is 1.66. The summed E-state index contributed by atoms with van der Waals surface area (Å²) in [5.74, 6) is 0.727. The number of hydrogen-bond donors (Lipinski definition) is 0. The molecule has 1 aliphatic rings. The maximum Gasteiger partial charge on any atom is 0.305 e. The molecule has 0 saturated carbocycles. The second kappa shape index (κ2) is 5.18. The molecule has 0 aromatic carbocycles. The molecule has 0 amide bonds. The standard InChI is InChI=1S/C10H18O2/c1-2-3-4-9-5-6-10(11)12-8-7-9/h9H,2-8H2,1H3/t9-/m1/s1. The van der Waals surface area contributed by atoms with E-state index in [4.69, 9.17) is 4.74 Å². The van der Waals surface area contributed by atoms with Crippen LogP contribution in [0.1, 0.15) is 45.4 Å². The Labute approximate surface area is 74.3 Å². The van der Waals surface area contributed by atoms with Crippen LogP contribution in [0.5, 0.6) is 0 Å². The molecule has 2 nitrogen and oxygen atoms in total. The molecule has 1 fully saturated rings. The predicted molar refractivity (Wildman–Crippen MR) is 47.8 cm³/mol. The first-order chi connectivity index (χ1) is 5.83. The lowest BCUT2D eigenvalue weighted by atomic mass is 9.95. The zero-order chi connectivity index (χ0) is 8.81. The highest BCUT2D eigenvalue weighted by atomic mass is 16.5. The van der Waals surface area contributed by atoms with Gasteiger partial charge in [0.25, 0.3) is 0 Å². The van der Waals surface area contributed by atoms with Crippen molar-refractivity contribution in [2.75, 3.05) is 6.61 Å². The second-order valence-electron chi connectivity index (χ2n) is 3.56. The van der Waals surface area contributed by atoms with E-state index in [2.05, 4.69) is 6.92 Å². The van der Waals surface area contributed by atoms with E-state index in [-0.39, 0.29) is 5.97 Å². The summed E-state index contributed by atoms with van der Waals surface area (Å²) in [4.78, 5) is 10.9. The monoisotopic (exact) mass is 170 g/mol. The number of unbranched alkanes of at least 4 members (excludes halogenated alkanes) is 1. The van der Waals surface area contributed by atoms with Crippen molar-refractivity contribution in [1.29, 1.82) is 0 Å². The molecule has 1 rings (SSSR count). The van der Waals surface area contributed by atoms with Crippen molar-refractivity contribution in [3.8, 4) is 0 Å². The Morgan fingerprint density at radius 2 is 2.33 bits per heavy atom. The normalized spacial score (nSPS) is 24.8. The molecule has 1 aliphatic heterocycles. The Hall–Kier alpha value is -0.530. The summed E-state index contributed by atoms with van der Waals surface area (Å²) in [7, 11) is 0. The Balaban J connectivity index is 2.21. The predicted octanol–water partition coefficient (Wildman–Crippen LogP) is 2.52. The molecule has 2 heteroatoms. The van der Waals surface area contributed by atoms with E-state index in [0.717, 1.165) is 18.8 Å². The molecule has 0 aliphatic carbocycles. The Morgan fingerprint density at radius 1 is 1.50 bits per heavy atom. The van der Waals surface area contributed by atoms with E-state index in [1.165, 1.54) is 19.3 Å². The number of esters is 1. The van der Waals surface area contributed by atoms with Crippen molar-refractivity contribution in [2.24, 2.45) is 5.92 Å². The Kier molecular flexibility index (Phi) is 4.12. The van der Waals surface area contributed by atoms with Crippen molar-refractivity contribution in [2.45, 2.75) is 45.4 Å². The number of carbonyl (C=O) groups excluding carboxylic acids is 1. The van der Waals surface area contributed by atoms with Crippen LogP contribution < -0.4 is 0 Å². The molecule has 70 valence electrons. The second-order valence-corrected chi connectivity index (χ2v) is 3.56. The van der Waals surface area contributed by atoms with Gasteiger partial charge in [-0.3, -0.25) is 4.79 Å². The van der Waals surface area contributed by atoms with Gasteiger partial charge in [0.2, 0.25) is 0 Å². The van der Waals surface area contributed by atoms with Crippen LogP contribution in [0.15, 0.2) is 0 Å². The molecule has 1 saturated heterocycles. The van der Waals surface area contributed by atoms with Crippen molar-refractivity contribution < 1.29 is 9.53 Å². The van der Waals surface area contributed by atoms with Gasteiger partial charge in [0.1, 0.15) is 0 Å². The highest BCUT2D eigenvalue weighted by Gasteiger charge is 2.16. The first-order valence-corrected chi connectivity index (χ1v) is 4.98. The van der Waals surface area contributed by atoms with Crippen LogP contribution in [-0.2, 0) is 9.53 Å². The van der Waals surface area contributed by atoms with Gasteiger partial charge in [0.05, 0.1) is 6.61 Å². The highest BCUT2D eigenvalue weighted by Crippen LogP contribution is 2.21.